The lowest BCUT2D eigenvalue weighted by atomic mass is 10.1. The van der Waals surface area contributed by atoms with Gasteiger partial charge in [-0.3, -0.25) is 4.90 Å². The van der Waals surface area contributed by atoms with Gasteiger partial charge >= 0.3 is 0 Å². The van der Waals surface area contributed by atoms with Gasteiger partial charge in [-0.2, -0.15) is 0 Å². The lowest BCUT2D eigenvalue weighted by Gasteiger charge is -2.37. The second-order valence-corrected chi connectivity index (χ2v) is 6.93. The molecule has 1 fully saturated rings. The van der Waals surface area contributed by atoms with Crippen molar-refractivity contribution in [1.29, 1.82) is 0 Å². The molecule has 1 saturated heterocycles. The molecule has 0 aromatic heterocycles. The molecule has 1 atom stereocenters. The van der Waals surface area contributed by atoms with Crippen LogP contribution in [0.3, 0.4) is 0 Å². The van der Waals surface area contributed by atoms with Crippen LogP contribution in [-0.4, -0.2) is 55.4 Å². The molecule has 0 aliphatic carbocycles. The minimum atomic E-state index is -0.499. The van der Waals surface area contributed by atoms with Gasteiger partial charge < -0.3 is 14.7 Å². The van der Waals surface area contributed by atoms with Crippen LogP contribution in [0.25, 0.3) is 0 Å². The quantitative estimate of drug-likeness (QED) is 0.858. The lowest BCUT2D eigenvalue weighted by Crippen LogP contribution is -2.49. The monoisotopic (exact) mass is 360 g/mol. The summed E-state index contributed by atoms with van der Waals surface area (Å²) in [6.45, 7) is 6.94. The zero-order valence-electron chi connectivity index (χ0n) is 14.6. The Morgan fingerprint density at radius 2 is 1.72 bits per heavy atom. The van der Waals surface area contributed by atoms with Crippen molar-refractivity contribution < 1.29 is 9.84 Å². The van der Waals surface area contributed by atoms with E-state index in [0.29, 0.717) is 18.2 Å². The Balaban J connectivity index is 1.42. The molecule has 25 heavy (non-hydrogen) atoms. The smallest absolute Gasteiger partial charge is 0.119 e. The number of benzene rings is 2. The number of rotatable bonds is 6. The van der Waals surface area contributed by atoms with E-state index in [4.69, 9.17) is 16.3 Å². The molecule has 134 valence electrons. The number of hydrogen-bond acceptors (Lipinski definition) is 4. The van der Waals surface area contributed by atoms with Crippen LogP contribution in [0.5, 0.6) is 5.75 Å². The summed E-state index contributed by atoms with van der Waals surface area (Å²) in [6, 6.07) is 15.7. The van der Waals surface area contributed by atoms with Crippen molar-refractivity contribution in [1.82, 2.24) is 4.90 Å². The number of para-hydroxylation sites is 1. The van der Waals surface area contributed by atoms with Crippen molar-refractivity contribution in [2.75, 3.05) is 44.2 Å². The second-order valence-electron chi connectivity index (χ2n) is 6.49. The van der Waals surface area contributed by atoms with Crippen molar-refractivity contribution >= 4 is 17.3 Å². The van der Waals surface area contributed by atoms with Gasteiger partial charge in [-0.25, -0.2) is 0 Å². The standard InChI is InChI=1S/C20H25ClN2O2/c1-16-4-2-3-5-20(16)23-12-10-22(11-13-23)14-18(24)15-25-19-8-6-17(21)7-9-19/h2-9,18,24H,10-15H2,1H3/t18-/m1/s1. The Labute approximate surface area is 154 Å². The second kappa shape index (κ2) is 8.56. The first-order chi connectivity index (χ1) is 12.1. The molecule has 0 radical (unpaired) electrons. The molecule has 0 unspecified atom stereocenters. The molecule has 5 heteroatoms. The Morgan fingerprint density at radius 3 is 2.40 bits per heavy atom. The number of β-amino-alcohol motifs (C(OH)–C–C–N with tert-alkyl or cyclic N) is 1. The molecule has 0 spiro atoms. The maximum Gasteiger partial charge on any atom is 0.119 e. The molecule has 1 aliphatic rings. The fourth-order valence-electron chi connectivity index (χ4n) is 3.16. The Hall–Kier alpha value is -1.75. The summed E-state index contributed by atoms with van der Waals surface area (Å²) in [6.07, 6.45) is -0.499. The molecular weight excluding hydrogens is 336 g/mol. The maximum absolute atomic E-state index is 10.2. The van der Waals surface area contributed by atoms with Crippen LogP contribution in [0, 0.1) is 6.92 Å². The van der Waals surface area contributed by atoms with Gasteiger partial charge in [-0.15, -0.1) is 0 Å². The van der Waals surface area contributed by atoms with Crippen LogP contribution in [0.2, 0.25) is 5.02 Å². The molecule has 1 N–H and O–H groups in total. The number of ether oxygens (including phenoxy) is 1. The fraction of sp³-hybridized carbons (Fsp3) is 0.400. The van der Waals surface area contributed by atoms with Gasteiger partial charge in [-0.05, 0) is 42.8 Å². The van der Waals surface area contributed by atoms with Crippen LogP contribution in [0.15, 0.2) is 48.5 Å². The van der Waals surface area contributed by atoms with Crippen LogP contribution < -0.4 is 9.64 Å². The lowest BCUT2D eigenvalue weighted by molar-refractivity contribution is 0.0663. The normalized spacial score (nSPS) is 16.7. The van der Waals surface area contributed by atoms with Crippen LogP contribution in [0.4, 0.5) is 5.69 Å². The Kier molecular flexibility index (Phi) is 6.19. The number of aliphatic hydroxyl groups is 1. The van der Waals surface area contributed by atoms with Crippen molar-refractivity contribution in [3.05, 3.63) is 59.1 Å². The van der Waals surface area contributed by atoms with Gasteiger partial charge in [-0.1, -0.05) is 29.8 Å². The van der Waals surface area contributed by atoms with E-state index in [0.717, 1.165) is 31.9 Å². The van der Waals surface area contributed by atoms with Gasteiger partial charge in [0.05, 0.1) is 0 Å². The fourth-order valence-corrected chi connectivity index (χ4v) is 3.29. The van der Waals surface area contributed by atoms with E-state index in [1.165, 1.54) is 11.3 Å². The Morgan fingerprint density at radius 1 is 1.04 bits per heavy atom. The van der Waals surface area contributed by atoms with E-state index in [9.17, 15) is 5.11 Å². The third kappa shape index (κ3) is 5.11. The molecule has 0 amide bonds. The number of aliphatic hydroxyl groups excluding tert-OH is 1. The van der Waals surface area contributed by atoms with E-state index in [1.807, 2.05) is 12.1 Å². The van der Waals surface area contributed by atoms with Crippen molar-refractivity contribution in [3.8, 4) is 5.75 Å². The van der Waals surface area contributed by atoms with E-state index < -0.39 is 6.10 Å². The van der Waals surface area contributed by atoms with E-state index in [1.54, 1.807) is 12.1 Å². The number of piperazine rings is 1. The largest absolute Gasteiger partial charge is 0.491 e. The summed E-state index contributed by atoms with van der Waals surface area (Å²) in [5.74, 6) is 0.729. The highest BCUT2D eigenvalue weighted by Crippen LogP contribution is 2.21. The van der Waals surface area contributed by atoms with Gasteiger partial charge in [0.2, 0.25) is 0 Å². The molecule has 2 aromatic rings. The van der Waals surface area contributed by atoms with Crippen LogP contribution in [-0.2, 0) is 0 Å². The first-order valence-electron chi connectivity index (χ1n) is 8.71. The van der Waals surface area contributed by atoms with Gasteiger partial charge in [0.25, 0.3) is 0 Å². The van der Waals surface area contributed by atoms with Gasteiger partial charge in [0, 0.05) is 43.4 Å². The highest BCUT2D eigenvalue weighted by atomic mass is 35.5. The van der Waals surface area contributed by atoms with E-state index in [2.05, 4.69) is 41.0 Å². The zero-order chi connectivity index (χ0) is 17.6. The Bertz CT molecular complexity index is 670. The molecular formula is C20H25ClN2O2. The summed E-state index contributed by atoms with van der Waals surface area (Å²) in [7, 11) is 0. The maximum atomic E-state index is 10.2. The molecule has 0 bridgehead atoms. The number of anilines is 1. The molecule has 2 aromatic carbocycles. The first-order valence-corrected chi connectivity index (χ1v) is 9.09. The average Bonchev–Trinajstić information content (AvgIpc) is 2.62. The van der Waals surface area contributed by atoms with Crippen LogP contribution in [0.1, 0.15) is 5.56 Å². The predicted octanol–water partition coefficient (Wildman–Crippen LogP) is 3.21. The van der Waals surface area contributed by atoms with Crippen molar-refractivity contribution in [2.24, 2.45) is 0 Å². The average molecular weight is 361 g/mol. The van der Waals surface area contributed by atoms with E-state index in [-0.39, 0.29) is 0 Å². The highest BCUT2D eigenvalue weighted by Gasteiger charge is 2.20. The van der Waals surface area contributed by atoms with Crippen molar-refractivity contribution in [2.45, 2.75) is 13.0 Å². The predicted molar refractivity (Wildman–Crippen MR) is 103 cm³/mol. The minimum Gasteiger partial charge on any atom is -0.491 e. The third-order valence-electron chi connectivity index (χ3n) is 4.55. The zero-order valence-corrected chi connectivity index (χ0v) is 15.3. The first kappa shape index (κ1) is 18.1. The number of aryl methyl sites for hydroxylation is 1. The number of halogens is 1. The summed E-state index contributed by atoms with van der Waals surface area (Å²) in [4.78, 5) is 4.72. The number of nitrogens with zero attached hydrogens (tertiary/aromatic N) is 2. The topological polar surface area (TPSA) is 35.9 Å². The molecule has 1 aliphatic heterocycles. The minimum absolute atomic E-state index is 0.291. The van der Waals surface area contributed by atoms with E-state index >= 15 is 0 Å². The third-order valence-corrected chi connectivity index (χ3v) is 4.81. The number of hydrogen-bond donors (Lipinski definition) is 1. The molecule has 3 rings (SSSR count). The molecule has 4 nitrogen and oxygen atoms in total. The summed E-state index contributed by atoms with van der Waals surface area (Å²) >= 11 is 5.85. The molecule has 0 saturated carbocycles. The SMILES string of the molecule is Cc1ccccc1N1CCN(C[C@@H](O)COc2ccc(Cl)cc2)CC1. The van der Waals surface area contributed by atoms with Gasteiger partial charge in [0.15, 0.2) is 0 Å². The van der Waals surface area contributed by atoms with Crippen molar-refractivity contribution in [3.63, 3.8) is 0 Å². The highest BCUT2D eigenvalue weighted by molar-refractivity contribution is 6.30. The summed E-state index contributed by atoms with van der Waals surface area (Å²) < 4.78 is 5.62. The van der Waals surface area contributed by atoms with Gasteiger partial charge in [0.1, 0.15) is 18.5 Å². The summed E-state index contributed by atoms with van der Waals surface area (Å²) in [5, 5.41) is 10.9. The molecule has 1 heterocycles. The summed E-state index contributed by atoms with van der Waals surface area (Å²) in [5.41, 5.74) is 2.63. The van der Waals surface area contributed by atoms with Crippen LogP contribution >= 0.6 is 11.6 Å².